The topological polar surface area (TPSA) is 46.3 Å². The van der Waals surface area contributed by atoms with E-state index in [-0.39, 0.29) is 5.91 Å². The standard InChI is InChI=1S/C13H18N2OS/c1-10-4-5-12(11(14)8-10)17-9-13(16)15-6-2-3-7-15/h4-5,8H,2-3,6-7,9,14H2,1H3. The highest BCUT2D eigenvalue weighted by Crippen LogP contribution is 2.26. The minimum Gasteiger partial charge on any atom is -0.398 e. The van der Waals surface area contributed by atoms with Gasteiger partial charge >= 0.3 is 0 Å². The number of aryl methyl sites for hydroxylation is 1. The Balaban J connectivity index is 1.90. The van der Waals surface area contributed by atoms with Crippen molar-refractivity contribution >= 4 is 23.4 Å². The second-order valence-electron chi connectivity index (χ2n) is 4.42. The van der Waals surface area contributed by atoms with Gasteiger partial charge in [0.2, 0.25) is 5.91 Å². The maximum atomic E-state index is 11.9. The van der Waals surface area contributed by atoms with Gasteiger partial charge in [-0.2, -0.15) is 0 Å². The molecule has 1 aliphatic rings. The normalized spacial score (nSPS) is 15.2. The first kappa shape index (κ1) is 12.3. The Kier molecular flexibility index (Phi) is 3.94. The predicted octanol–water partition coefficient (Wildman–Crippen LogP) is 2.29. The zero-order valence-corrected chi connectivity index (χ0v) is 10.9. The monoisotopic (exact) mass is 250 g/mol. The molecular weight excluding hydrogens is 232 g/mol. The largest absolute Gasteiger partial charge is 0.398 e. The highest BCUT2D eigenvalue weighted by atomic mass is 32.2. The fraction of sp³-hybridized carbons (Fsp3) is 0.462. The highest BCUT2D eigenvalue weighted by Gasteiger charge is 2.17. The van der Waals surface area contributed by atoms with Crippen molar-refractivity contribution in [3.63, 3.8) is 0 Å². The van der Waals surface area contributed by atoms with Crippen molar-refractivity contribution in [3.05, 3.63) is 23.8 Å². The minimum atomic E-state index is 0.229. The van der Waals surface area contributed by atoms with Gasteiger partial charge in [0.1, 0.15) is 0 Å². The summed E-state index contributed by atoms with van der Waals surface area (Å²) in [6.07, 6.45) is 2.28. The minimum absolute atomic E-state index is 0.229. The number of nitrogens with zero attached hydrogens (tertiary/aromatic N) is 1. The third-order valence-electron chi connectivity index (χ3n) is 2.98. The number of thioether (sulfide) groups is 1. The fourth-order valence-electron chi connectivity index (χ4n) is 2.00. The first-order valence-corrected chi connectivity index (χ1v) is 6.92. The van der Waals surface area contributed by atoms with Gasteiger partial charge in [-0.15, -0.1) is 11.8 Å². The van der Waals surface area contributed by atoms with E-state index in [0.29, 0.717) is 5.75 Å². The van der Waals surface area contributed by atoms with Gasteiger partial charge < -0.3 is 10.6 Å². The molecule has 0 radical (unpaired) electrons. The summed E-state index contributed by atoms with van der Waals surface area (Å²) in [7, 11) is 0. The number of carbonyl (C=O) groups is 1. The number of benzene rings is 1. The molecule has 0 atom stereocenters. The molecule has 0 saturated carbocycles. The Labute approximate surface area is 106 Å². The number of carbonyl (C=O) groups excluding carboxylic acids is 1. The van der Waals surface area contributed by atoms with Crippen LogP contribution in [0.3, 0.4) is 0 Å². The average Bonchev–Trinajstić information content (AvgIpc) is 2.81. The maximum absolute atomic E-state index is 11.9. The lowest BCUT2D eigenvalue weighted by atomic mass is 10.2. The summed E-state index contributed by atoms with van der Waals surface area (Å²) in [5, 5.41) is 0. The third kappa shape index (κ3) is 3.16. The van der Waals surface area contributed by atoms with E-state index < -0.39 is 0 Å². The van der Waals surface area contributed by atoms with Gasteiger partial charge in [0.25, 0.3) is 0 Å². The molecule has 3 nitrogen and oxygen atoms in total. The van der Waals surface area contributed by atoms with Crippen LogP contribution in [0.2, 0.25) is 0 Å². The van der Waals surface area contributed by atoms with Crippen LogP contribution in [0, 0.1) is 6.92 Å². The van der Waals surface area contributed by atoms with Crippen LogP contribution in [0.5, 0.6) is 0 Å². The Bertz CT molecular complexity index is 414. The summed E-state index contributed by atoms with van der Waals surface area (Å²) in [5.41, 5.74) is 7.83. The van der Waals surface area contributed by atoms with Gasteiger partial charge in [0, 0.05) is 23.7 Å². The van der Waals surface area contributed by atoms with Crippen LogP contribution in [-0.2, 0) is 4.79 Å². The molecule has 1 fully saturated rings. The molecule has 0 spiro atoms. The summed E-state index contributed by atoms with van der Waals surface area (Å²) in [6, 6.07) is 5.97. The fourth-order valence-corrected chi connectivity index (χ4v) is 2.85. The van der Waals surface area contributed by atoms with Gasteiger partial charge in [0.05, 0.1) is 5.75 Å². The van der Waals surface area contributed by atoms with Gasteiger partial charge in [-0.1, -0.05) is 6.07 Å². The Morgan fingerprint density at radius 1 is 1.41 bits per heavy atom. The van der Waals surface area contributed by atoms with Crippen molar-refractivity contribution in [2.24, 2.45) is 0 Å². The molecule has 1 aliphatic heterocycles. The van der Waals surface area contributed by atoms with Gasteiger partial charge in [-0.05, 0) is 37.5 Å². The molecule has 2 rings (SSSR count). The van der Waals surface area contributed by atoms with Crippen molar-refractivity contribution in [3.8, 4) is 0 Å². The van der Waals surface area contributed by atoms with E-state index in [1.54, 1.807) is 0 Å². The van der Waals surface area contributed by atoms with Gasteiger partial charge in [0.15, 0.2) is 0 Å². The number of likely N-dealkylation sites (tertiary alicyclic amines) is 1. The molecule has 1 heterocycles. The lowest BCUT2D eigenvalue weighted by Gasteiger charge is -2.15. The van der Waals surface area contributed by atoms with E-state index in [1.807, 2.05) is 30.0 Å². The second-order valence-corrected chi connectivity index (χ2v) is 5.44. The summed E-state index contributed by atoms with van der Waals surface area (Å²) < 4.78 is 0. The summed E-state index contributed by atoms with van der Waals surface area (Å²) in [4.78, 5) is 14.8. The summed E-state index contributed by atoms with van der Waals surface area (Å²) in [6.45, 7) is 3.85. The lowest BCUT2D eigenvalue weighted by Crippen LogP contribution is -2.29. The number of hydrogen-bond donors (Lipinski definition) is 1. The number of amides is 1. The molecule has 2 N–H and O–H groups in total. The molecule has 1 aromatic rings. The molecule has 0 unspecified atom stereocenters. The first-order valence-electron chi connectivity index (χ1n) is 5.93. The molecule has 92 valence electrons. The Hall–Kier alpha value is -1.16. The van der Waals surface area contributed by atoms with E-state index in [9.17, 15) is 4.79 Å². The van der Waals surface area contributed by atoms with Crippen molar-refractivity contribution in [1.82, 2.24) is 4.90 Å². The van der Waals surface area contributed by atoms with E-state index in [4.69, 9.17) is 5.73 Å². The zero-order valence-electron chi connectivity index (χ0n) is 10.1. The van der Waals surface area contributed by atoms with Crippen molar-refractivity contribution in [1.29, 1.82) is 0 Å². The predicted molar refractivity (Wildman–Crippen MR) is 72.1 cm³/mol. The third-order valence-corrected chi connectivity index (χ3v) is 4.05. The SMILES string of the molecule is Cc1ccc(SCC(=O)N2CCCC2)c(N)c1. The average molecular weight is 250 g/mol. The second kappa shape index (κ2) is 5.45. The van der Waals surface area contributed by atoms with Crippen LogP contribution in [0.1, 0.15) is 18.4 Å². The van der Waals surface area contributed by atoms with Crippen LogP contribution < -0.4 is 5.73 Å². The zero-order chi connectivity index (χ0) is 12.3. The molecule has 1 amide bonds. The quantitative estimate of drug-likeness (QED) is 0.661. The molecule has 17 heavy (non-hydrogen) atoms. The number of rotatable bonds is 3. The Morgan fingerprint density at radius 3 is 2.76 bits per heavy atom. The van der Waals surface area contributed by atoms with E-state index >= 15 is 0 Å². The Morgan fingerprint density at radius 2 is 2.12 bits per heavy atom. The van der Waals surface area contributed by atoms with E-state index in [0.717, 1.165) is 42.1 Å². The van der Waals surface area contributed by atoms with E-state index in [1.165, 1.54) is 11.8 Å². The first-order chi connectivity index (χ1) is 8.16. The molecule has 4 heteroatoms. The maximum Gasteiger partial charge on any atom is 0.232 e. The molecule has 1 saturated heterocycles. The van der Waals surface area contributed by atoms with Crippen LogP contribution in [-0.4, -0.2) is 29.6 Å². The summed E-state index contributed by atoms with van der Waals surface area (Å²) in [5.74, 6) is 0.722. The van der Waals surface area contributed by atoms with Crippen LogP contribution >= 0.6 is 11.8 Å². The number of nitrogen functional groups attached to an aromatic ring is 1. The van der Waals surface area contributed by atoms with E-state index in [2.05, 4.69) is 0 Å². The molecule has 0 bridgehead atoms. The van der Waals surface area contributed by atoms with Crippen LogP contribution in [0.15, 0.2) is 23.1 Å². The van der Waals surface area contributed by atoms with Gasteiger partial charge in [-0.25, -0.2) is 0 Å². The molecular formula is C13H18N2OS. The smallest absolute Gasteiger partial charge is 0.232 e. The summed E-state index contributed by atoms with van der Waals surface area (Å²) >= 11 is 1.53. The molecule has 1 aromatic carbocycles. The highest BCUT2D eigenvalue weighted by molar-refractivity contribution is 8.00. The van der Waals surface area contributed by atoms with Crippen LogP contribution in [0.4, 0.5) is 5.69 Å². The van der Waals surface area contributed by atoms with Crippen molar-refractivity contribution in [2.75, 3.05) is 24.6 Å². The molecule has 0 aliphatic carbocycles. The molecule has 0 aromatic heterocycles. The van der Waals surface area contributed by atoms with Crippen molar-refractivity contribution in [2.45, 2.75) is 24.7 Å². The van der Waals surface area contributed by atoms with Crippen LogP contribution in [0.25, 0.3) is 0 Å². The number of anilines is 1. The van der Waals surface area contributed by atoms with Gasteiger partial charge in [-0.3, -0.25) is 4.79 Å². The van der Waals surface area contributed by atoms with Crippen molar-refractivity contribution < 1.29 is 4.79 Å². The number of nitrogens with two attached hydrogens (primary N) is 1. The lowest BCUT2D eigenvalue weighted by molar-refractivity contribution is -0.127. The number of hydrogen-bond acceptors (Lipinski definition) is 3.